The van der Waals surface area contributed by atoms with Gasteiger partial charge in [-0.25, -0.2) is 4.98 Å². The van der Waals surface area contributed by atoms with Crippen LogP contribution in [-0.4, -0.2) is 22.7 Å². The minimum absolute atomic E-state index is 0.0833. The molecular formula is C18H22N2O2S. The summed E-state index contributed by atoms with van der Waals surface area (Å²) in [6.07, 6.45) is 1.69. The van der Waals surface area contributed by atoms with Crippen LogP contribution in [0.5, 0.6) is 5.88 Å². The maximum absolute atomic E-state index is 12.5. The summed E-state index contributed by atoms with van der Waals surface area (Å²) < 4.78 is 5.48. The van der Waals surface area contributed by atoms with E-state index in [4.69, 9.17) is 4.74 Å². The number of benzene rings is 1. The van der Waals surface area contributed by atoms with E-state index >= 15 is 0 Å². The topological polar surface area (TPSA) is 51.2 Å². The Kier molecular flexibility index (Phi) is 6.47. The number of carbonyl (C=O) groups excluding carboxylic acids is 1. The molecule has 1 aromatic heterocycles. The third kappa shape index (κ3) is 4.99. The Morgan fingerprint density at radius 3 is 2.78 bits per heavy atom. The minimum Gasteiger partial charge on any atom is -0.478 e. The van der Waals surface area contributed by atoms with Crippen molar-refractivity contribution in [1.29, 1.82) is 0 Å². The van der Waals surface area contributed by atoms with E-state index in [-0.39, 0.29) is 5.91 Å². The number of aromatic nitrogens is 1. The quantitative estimate of drug-likeness (QED) is 0.782. The Labute approximate surface area is 141 Å². The van der Waals surface area contributed by atoms with E-state index in [2.05, 4.69) is 24.1 Å². The van der Waals surface area contributed by atoms with Crippen molar-refractivity contribution in [3.05, 3.63) is 53.7 Å². The fourth-order valence-corrected chi connectivity index (χ4v) is 3.06. The van der Waals surface area contributed by atoms with Crippen LogP contribution in [0.1, 0.15) is 36.7 Å². The fraction of sp³-hybridized carbons (Fsp3) is 0.333. The summed E-state index contributed by atoms with van der Waals surface area (Å²) in [6.45, 7) is 7.08. The van der Waals surface area contributed by atoms with Gasteiger partial charge in [0.2, 0.25) is 5.88 Å². The van der Waals surface area contributed by atoms with E-state index in [0.717, 1.165) is 10.5 Å². The normalized spacial score (nSPS) is 10.6. The third-order valence-corrected chi connectivity index (χ3v) is 4.15. The van der Waals surface area contributed by atoms with Crippen LogP contribution in [0.2, 0.25) is 0 Å². The summed E-state index contributed by atoms with van der Waals surface area (Å²) in [6, 6.07) is 11.4. The van der Waals surface area contributed by atoms with Gasteiger partial charge in [0.05, 0.1) is 12.2 Å². The fourth-order valence-electron chi connectivity index (χ4n) is 2.11. The van der Waals surface area contributed by atoms with Gasteiger partial charge in [0.15, 0.2) is 0 Å². The number of hydrogen-bond acceptors (Lipinski definition) is 4. The molecule has 0 aliphatic heterocycles. The Bertz CT molecular complexity index is 659. The summed E-state index contributed by atoms with van der Waals surface area (Å²) >= 11 is 1.69. The molecular weight excluding hydrogens is 308 g/mol. The van der Waals surface area contributed by atoms with Gasteiger partial charge >= 0.3 is 0 Å². The summed E-state index contributed by atoms with van der Waals surface area (Å²) in [5.74, 6) is 0.486. The number of pyridine rings is 1. The first-order valence-electron chi connectivity index (χ1n) is 7.72. The molecule has 1 heterocycles. The van der Waals surface area contributed by atoms with Crippen molar-refractivity contribution in [1.82, 2.24) is 10.3 Å². The summed E-state index contributed by atoms with van der Waals surface area (Å²) in [7, 11) is 0. The highest BCUT2D eigenvalue weighted by Gasteiger charge is 2.13. The first-order chi connectivity index (χ1) is 11.1. The molecule has 4 nitrogen and oxygen atoms in total. The first kappa shape index (κ1) is 17.3. The zero-order chi connectivity index (χ0) is 16.7. The Balaban J connectivity index is 2.09. The number of hydrogen-bond donors (Lipinski definition) is 1. The second-order valence-corrected chi connectivity index (χ2v) is 6.86. The number of nitrogens with one attached hydrogen (secondary N) is 1. The van der Waals surface area contributed by atoms with Crippen LogP contribution in [0.3, 0.4) is 0 Å². The third-order valence-electron chi connectivity index (χ3n) is 3.06. The lowest BCUT2D eigenvalue weighted by atomic mass is 10.2. The Morgan fingerprint density at radius 2 is 2.04 bits per heavy atom. The molecule has 0 atom stereocenters. The van der Waals surface area contributed by atoms with Gasteiger partial charge in [-0.05, 0) is 25.1 Å². The molecule has 0 saturated carbocycles. The van der Waals surface area contributed by atoms with Gasteiger partial charge in [0, 0.05) is 28.5 Å². The van der Waals surface area contributed by atoms with E-state index in [1.807, 2.05) is 43.3 Å². The van der Waals surface area contributed by atoms with Crippen molar-refractivity contribution in [2.24, 2.45) is 0 Å². The molecule has 0 radical (unpaired) electrons. The minimum atomic E-state index is -0.0833. The monoisotopic (exact) mass is 330 g/mol. The highest BCUT2D eigenvalue weighted by Crippen LogP contribution is 2.26. The van der Waals surface area contributed by atoms with Crippen molar-refractivity contribution < 1.29 is 9.53 Å². The van der Waals surface area contributed by atoms with Crippen molar-refractivity contribution in [3.8, 4) is 5.88 Å². The molecule has 2 aromatic rings. The zero-order valence-electron chi connectivity index (χ0n) is 13.7. The number of rotatable bonds is 7. The molecule has 1 aromatic carbocycles. The van der Waals surface area contributed by atoms with Gasteiger partial charge < -0.3 is 10.1 Å². The maximum Gasteiger partial charge on any atom is 0.252 e. The number of thioether (sulfide) groups is 1. The van der Waals surface area contributed by atoms with E-state index in [1.54, 1.807) is 18.0 Å². The van der Waals surface area contributed by atoms with Gasteiger partial charge in [-0.2, -0.15) is 0 Å². The molecule has 0 unspecified atom stereocenters. The van der Waals surface area contributed by atoms with Gasteiger partial charge in [0.1, 0.15) is 0 Å². The highest BCUT2D eigenvalue weighted by molar-refractivity contribution is 8.00. The van der Waals surface area contributed by atoms with E-state index in [1.165, 1.54) is 0 Å². The SMILES string of the molecule is CCOc1ncccc1CNC(=O)c1ccccc1SC(C)C. The van der Waals surface area contributed by atoms with Crippen LogP contribution in [0.15, 0.2) is 47.5 Å². The molecule has 0 saturated heterocycles. The maximum atomic E-state index is 12.5. The lowest BCUT2D eigenvalue weighted by molar-refractivity contribution is 0.0947. The molecule has 0 bridgehead atoms. The molecule has 0 aliphatic carbocycles. The average molecular weight is 330 g/mol. The predicted molar refractivity (Wildman–Crippen MR) is 94.0 cm³/mol. The first-order valence-corrected chi connectivity index (χ1v) is 8.60. The second-order valence-electron chi connectivity index (χ2n) is 5.25. The molecule has 5 heteroatoms. The largest absolute Gasteiger partial charge is 0.478 e. The molecule has 0 fully saturated rings. The molecule has 23 heavy (non-hydrogen) atoms. The summed E-state index contributed by atoms with van der Waals surface area (Å²) in [5, 5.41) is 3.38. The lowest BCUT2D eigenvalue weighted by Gasteiger charge is -2.12. The standard InChI is InChI=1S/C18H22N2O2S/c1-4-22-18-14(8-7-11-19-18)12-20-17(21)15-9-5-6-10-16(15)23-13(2)3/h5-11,13H,4,12H2,1-3H3,(H,20,21). The van der Waals surface area contributed by atoms with Crippen LogP contribution in [0.25, 0.3) is 0 Å². The van der Waals surface area contributed by atoms with E-state index < -0.39 is 0 Å². The number of nitrogens with zero attached hydrogens (tertiary/aromatic N) is 1. The molecule has 0 spiro atoms. The van der Waals surface area contributed by atoms with E-state index in [0.29, 0.717) is 29.8 Å². The molecule has 1 N–H and O–H groups in total. The van der Waals surface area contributed by atoms with Gasteiger partial charge in [0.25, 0.3) is 5.91 Å². The lowest BCUT2D eigenvalue weighted by Crippen LogP contribution is -2.24. The van der Waals surface area contributed by atoms with Crippen LogP contribution in [0.4, 0.5) is 0 Å². The molecule has 2 rings (SSSR count). The Morgan fingerprint density at radius 1 is 1.26 bits per heavy atom. The van der Waals surface area contributed by atoms with Crippen LogP contribution in [0, 0.1) is 0 Å². The van der Waals surface area contributed by atoms with Gasteiger partial charge in [-0.3, -0.25) is 4.79 Å². The molecule has 0 aliphatic rings. The summed E-state index contributed by atoms with van der Waals surface area (Å²) in [5.41, 5.74) is 1.57. The zero-order valence-corrected chi connectivity index (χ0v) is 14.5. The molecule has 1 amide bonds. The van der Waals surface area contributed by atoms with Gasteiger partial charge in [-0.1, -0.05) is 32.0 Å². The predicted octanol–water partition coefficient (Wildman–Crippen LogP) is 3.91. The van der Waals surface area contributed by atoms with Crippen LogP contribution < -0.4 is 10.1 Å². The number of ether oxygens (including phenoxy) is 1. The second kappa shape index (κ2) is 8.58. The van der Waals surface area contributed by atoms with Crippen molar-refractivity contribution >= 4 is 17.7 Å². The Hall–Kier alpha value is -2.01. The average Bonchev–Trinajstić information content (AvgIpc) is 2.54. The van der Waals surface area contributed by atoms with Crippen molar-refractivity contribution in [2.75, 3.05) is 6.61 Å². The van der Waals surface area contributed by atoms with Gasteiger partial charge in [-0.15, -0.1) is 11.8 Å². The summed E-state index contributed by atoms with van der Waals surface area (Å²) in [4.78, 5) is 17.7. The number of amides is 1. The highest BCUT2D eigenvalue weighted by atomic mass is 32.2. The molecule has 122 valence electrons. The smallest absolute Gasteiger partial charge is 0.252 e. The van der Waals surface area contributed by atoms with Crippen LogP contribution in [-0.2, 0) is 6.54 Å². The van der Waals surface area contributed by atoms with Crippen molar-refractivity contribution in [3.63, 3.8) is 0 Å². The van der Waals surface area contributed by atoms with E-state index in [9.17, 15) is 4.79 Å². The number of carbonyl (C=O) groups is 1. The van der Waals surface area contributed by atoms with Crippen LogP contribution >= 0.6 is 11.8 Å². The van der Waals surface area contributed by atoms with Crippen molar-refractivity contribution in [2.45, 2.75) is 37.5 Å².